The van der Waals surface area contributed by atoms with Gasteiger partial charge in [0.2, 0.25) is 0 Å². The number of rotatable bonds is 6. The Hall–Kier alpha value is -1.98. The van der Waals surface area contributed by atoms with E-state index in [0.717, 1.165) is 0 Å². The van der Waals surface area contributed by atoms with Crippen molar-refractivity contribution in [3.63, 3.8) is 0 Å². The van der Waals surface area contributed by atoms with Crippen molar-refractivity contribution in [1.29, 1.82) is 0 Å². The first-order chi connectivity index (χ1) is 9.38. The Labute approximate surface area is 139 Å². The number of allylic oxidation sites excluding steroid dienone is 1. The van der Waals surface area contributed by atoms with Gasteiger partial charge in [0.25, 0.3) is 0 Å². The number of ketones is 3. The van der Waals surface area contributed by atoms with Gasteiger partial charge in [-0.2, -0.15) is 0 Å². The van der Waals surface area contributed by atoms with Crippen molar-refractivity contribution in [3.05, 3.63) is 12.3 Å². The molecule has 8 nitrogen and oxygen atoms in total. The molecular formula is C13H17AlO8. The number of carboxylic acids is 2. The molecule has 0 unspecified atom stereocenters. The summed E-state index contributed by atoms with van der Waals surface area (Å²) in [6.45, 7) is 6.79. The van der Waals surface area contributed by atoms with Crippen molar-refractivity contribution in [2.75, 3.05) is 0 Å². The van der Waals surface area contributed by atoms with Crippen molar-refractivity contribution in [2.45, 2.75) is 40.0 Å². The van der Waals surface area contributed by atoms with Crippen LogP contribution in [0.15, 0.2) is 12.3 Å². The van der Waals surface area contributed by atoms with Gasteiger partial charge in [0, 0.05) is 31.2 Å². The molecule has 0 aromatic carbocycles. The van der Waals surface area contributed by atoms with Gasteiger partial charge in [-0.25, -0.2) is 0 Å². The Morgan fingerprint density at radius 3 is 0.909 bits per heavy atom. The predicted octanol–water partition coefficient (Wildman–Crippen LogP) is -3.11. The van der Waals surface area contributed by atoms with Crippen LogP contribution in [-0.2, 0) is 24.0 Å². The molecule has 0 aliphatic heterocycles. The summed E-state index contributed by atoms with van der Waals surface area (Å²) in [5, 5.41) is 28.9. The second-order valence-corrected chi connectivity index (χ2v) is 3.92. The summed E-state index contributed by atoms with van der Waals surface area (Å²) in [6, 6.07) is 0. The Kier molecular flexibility index (Phi) is 21.9. The van der Waals surface area contributed by atoms with E-state index < -0.39 is 24.8 Å². The number of carbonyl (C=O) groups is 5. The van der Waals surface area contributed by atoms with Gasteiger partial charge in [-0.15, -0.1) is 12.3 Å². The second kappa shape index (κ2) is 17.1. The van der Waals surface area contributed by atoms with E-state index in [1.165, 1.54) is 20.8 Å². The first-order valence-corrected chi connectivity index (χ1v) is 5.61. The average molecular weight is 328 g/mol. The van der Waals surface area contributed by atoms with E-state index >= 15 is 0 Å². The number of carboxylic acid groups (broad SMARTS) is 2. The topological polar surface area (TPSA) is 155 Å². The molecule has 0 N–H and O–H groups in total. The van der Waals surface area contributed by atoms with Gasteiger partial charge in [0.1, 0.15) is 17.3 Å². The van der Waals surface area contributed by atoms with Crippen LogP contribution in [-0.4, -0.2) is 46.6 Å². The molecular weight excluding hydrogens is 311 g/mol. The average Bonchev–Trinajstić information content (AvgIpc) is 2.10. The first kappa shape index (κ1) is 28.2. The van der Waals surface area contributed by atoms with Gasteiger partial charge in [0.05, 0.1) is 0 Å². The fourth-order valence-corrected chi connectivity index (χ4v) is 0.684. The zero-order chi connectivity index (χ0) is 17.6. The van der Waals surface area contributed by atoms with Crippen LogP contribution in [0.5, 0.6) is 0 Å². The number of carbonyl (C=O) groups excluding carboxylic acids is 5. The van der Waals surface area contributed by atoms with Crippen LogP contribution in [0.25, 0.3) is 0 Å². The largest absolute Gasteiger partial charge is 3.00 e. The zero-order valence-corrected chi connectivity index (χ0v) is 13.8. The summed E-state index contributed by atoms with van der Waals surface area (Å²) in [5.74, 6) is -3.81. The first-order valence-electron chi connectivity index (χ1n) is 5.61. The monoisotopic (exact) mass is 328 g/mol. The molecule has 0 aromatic heterocycles. The molecule has 0 saturated carbocycles. The van der Waals surface area contributed by atoms with Crippen LogP contribution in [0, 0.1) is 0 Å². The molecule has 0 fully saturated rings. The molecule has 0 radical (unpaired) electrons. The molecule has 0 aliphatic carbocycles. The zero-order valence-electron chi connectivity index (χ0n) is 12.7. The fraction of sp³-hybridized carbons (Fsp3) is 0.462. The minimum atomic E-state index is -1.31. The normalized spacial score (nSPS) is 7.77. The van der Waals surface area contributed by atoms with E-state index in [4.69, 9.17) is 0 Å². The minimum Gasteiger partial charge on any atom is -0.876 e. The fourth-order valence-electron chi connectivity index (χ4n) is 0.684. The summed E-state index contributed by atoms with van der Waals surface area (Å²) in [5.41, 5.74) is 0. The molecule has 9 heteroatoms. The predicted molar refractivity (Wildman–Crippen MR) is 70.8 cm³/mol. The minimum absolute atomic E-state index is 0. The summed E-state index contributed by atoms with van der Waals surface area (Å²) in [6.07, 6.45) is -0.972. The maximum atomic E-state index is 9.99. The van der Waals surface area contributed by atoms with Gasteiger partial charge < -0.3 is 24.9 Å². The van der Waals surface area contributed by atoms with Crippen molar-refractivity contribution < 1.29 is 39.3 Å². The van der Waals surface area contributed by atoms with Crippen LogP contribution in [0.3, 0.4) is 0 Å². The third kappa shape index (κ3) is 52.0. The SMILES string of the molecule is C=C([O-])CC(C)=O.CC(=O)CC(=O)[O-].CC(=O)CC(=O)[O-].[Al+3]. The molecule has 0 spiro atoms. The maximum Gasteiger partial charge on any atom is 3.00 e. The molecule has 0 bridgehead atoms. The van der Waals surface area contributed by atoms with Gasteiger partial charge >= 0.3 is 17.4 Å². The molecule has 0 saturated heterocycles. The van der Waals surface area contributed by atoms with E-state index in [1.807, 2.05) is 0 Å². The van der Waals surface area contributed by atoms with Gasteiger partial charge in [0.15, 0.2) is 0 Å². The summed E-state index contributed by atoms with van der Waals surface area (Å²) < 4.78 is 0. The van der Waals surface area contributed by atoms with Gasteiger partial charge in [-0.1, -0.05) is 0 Å². The smallest absolute Gasteiger partial charge is 0.876 e. The Balaban J connectivity index is -0.000000108. The number of Topliss-reactive ketones (excluding diaryl/α,β-unsaturated/α-hetero) is 3. The maximum absolute atomic E-state index is 9.99. The number of hydrogen-bond acceptors (Lipinski definition) is 8. The van der Waals surface area contributed by atoms with Gasteiger partial charge in [-0.3, -0.25) is 14.4 Å². The second-order valence-electron chi connectivity index (χ2n) is 3.92. The molecule has 0 atom stereocenters. The Morgan fingerprint density at radius 1 is 0.682 bits per heavy atom. The van der Waals surface area contributed by atoms with Gasteiger partial charge in [-0.05, 0) is 20.8 Å². The quantitative estimate of drug-likeness (QED) is 0.282. The van der Waals surface area contributed by atoms with E-state index in [9.17, 15) is 39.3 Å². The Morgan fingerprint density at radius 2 is 0.909 bits per heavy atom. The molecule has 0 aromatic rings. The standard InChI is InChI=1S/C5H8O2.2C4H6O3.Al/c1-4(6)3-5(2)7;2*1-3(5)2-4(6)7;/h6H,1,3H2,2H3;2*2H2,1H3,(H,6,7);/q;;;+3/p-3. The third-order valence-corrected chi connectivity index (χ3v) is 1.23. The van der Waals surface area contributed by atoms with Crippen LogP contribution >= 0.6 is 0 Å². The molecule has 22 heavy (non-hydrogen) atoms. The number of hydrogen-bond donors (Lipinski definition) is 0. The third-order valence-electron chi connectivity index (χ3n) is 1.23. The summed E-state index contributed by atoms with van der Waals surface area (Å²) >= 11 is 0. The summed E-state index contributed by atoms with van der Waals surface area (Å²) in [7, 11) is 0. The molecule has 0 aliphatic rings. The van der Waals surface area contributed by atoms with E-state index in [1.54, 1.807) is 0 Å². The van der Waals surface area contributed by atoms with E-state index in [0.29, 0.717) is 0 Å². The Bertz CT molecular complexity index is 316. The van der Waals surface area contributed by atoms with Crippen molar-refractivity contribution in [2.24, 2.45) is 0 Å². The molecule has 0 heterocycles. The molecule has 0 amide bonds. The van der Waals surface area contributed by atoms with Crippen molar-refractivity contribution >= 4 is 46.6 Å². The van der Waals surface area contributed by atoms with Crippen LogP contribution in [0.1, 0.15) is 40.0 Å². The van der Waals surface area contributed by atoms with Crippen molar-refractivity contribution in [3.8, 4) is 0 Å². The van der Waals surface area contributed by atoms with E-state index in [2.05, 4.69) is 6.58 Å². The van der Waals surface area contributed by atoms with E-state index in [-0.39, 0.29) is 46.9 Å². The molecule has 0 rings (SSSR count). The molecule has 120 valence electrons. The van der Waals surface area contributed by atoms with Crippen molar-refractivity contribution in [1.82, 2.24) is 0 Å². The van der Waals surface area contributed by atoms with Crippen LogP contribution in [0.4, 0.5) is 0 Å². The summed E-state index contributed by atoms with van der Waals surface area (Å²) in [4.78, 5) is 48.6. The van der Waals surface area contributed by atoms with Crippen LogP contribution in [0.2, 0.25) is 0 Å². The van der Waals surface area contributed by atoms with Crippen LogP contribution < -0.4 is 15.3 Å². The number of aliphatic carboxylic acids is 2.